The van der Waals surface area contributed by atoms with Crippen LogP contribution in [0.1, 0.15) is 52.9 Å². The van der Waals surface area contributed by atoms with E-state index in [4.69, 9.17) is 5.84 Å². The summed E-state index contributed by atoms with van der Waals surface area (Å²) in [4.78, 5) is 6.97. The maximum atomic E-state index is 5.63. The van der Waals surface area contributed by atoms with Crippen LogP contribution in [-0.4, -0.2) is 30.0 Å². The number of nitrogens with one attached hydrogen (secondary N) is 1. The van der Waals surface area contributed by atoms with E-state index in [0.717, 1.165) is 19.0 Å². The van der Waals surface area contributed by atoms with Gasteiger partial charge in [-0.3, -0.25) is 10.4 Å². The summed E-state index contributed by atoms with van der Waals surface area (Å²) < 4.78 is 0. The molecule has 1 heterocycles. The van der Waals surface area contributed by atoms with E-state index in [-0.39, 0.29) is 0 Å². The average Bonchev–Trinajstić information content (AvgIpc) is 2.32. The van der Waals surface area contributed by atoms with Crippen LogP contribution < -0.4 is 11.3 Å². The van der Waals surface area contributed by atoms with Gasteiger partial charge in [0.1, 0.15) is 0 Å². The van der Waals surface area contributed by atoms with Crippen molar-refractivity contribution in [2.45, 2.75) is 58.9 Å². The summed E-state index contributed by atoms with van der Waals surface area (Å²) >= 11 is 0. The van der Waals surface area contributed by atoms with E-state index >= 15 is 0 Å². The molecule has 3 N–H and O–H groups in total. The molecule has 1 unspecified atom stereocenters. The van der Waals surface area contributed by atoms with Crippen molar-refractivity contribution in [3.63, 3.8) is 0 Å². The lowest BCUT2D eigenvalue weighted by molar-refractivity contribution is 0.221. The van der Waals surface area contributed by atoms with E-state index in [1.165, 1.54) is 32.1 Å². The molecular formula is C13H28N4. The molecule has 1 fully saturated rings. The van der Waals surface area contributed by atoms with E-state index in [1.54, 1.807) is 0 Å². The van der Waals surface area contributed by atoms with Crippen LogP contribution in [-0.2, 0) is 0 Å². The second-order valence-electron chi connectivity index (χ2n) is 5.33. The molecule has 1 rings (SSSR count). The zero-order chi connectivity index (χ0) is 12.7. The fourth-order valence-electron chi connectivity index (χ4n) is 2.40. The lowest BCUT2D eigenvalue weighted by atomic mass is 9.99. The molecule has 0 aromatic heterocycles. The standard InChI is InChI=1S/C13H28N4/c1-4-7-12-8-5-6-9-17(12)13(16-14)15-10-11(2)3/h11-12H,4-10,14H2,1-3H3,(H,15,16). The fraction of sp³-hybridized carbons (Fsp3) is 0.923. The first kappa shape index (κ1) is 14.3. The molecule has 0 amide bonds. The number of nitrogens with zero attached hydrogens (tertiary/aromatic N) is 2. The van der Waals surface area contributed by atoms with Crippen LogP contribution in [0.4, 0.5) is 0 Å². The van der Waals surface area contributed by atoms with Crippen LogP contribution in [0, 0.1) is 5.92 Å². The number of hydrogen-bond acceptors (Lipinski definition) is 2. The fourth-order valence-corrected chi connectivity index (χ4v) is 2.40. The minimum atomic E-state index is 0.577. The molecule has 1 aliphatic heterocycles. The Kier molecular flexibility index (Phi) is 6.34. The third-order valence-corrected chi connectivity index (χ3v) is 3.26. The summed E-state index contributed by atoms with van der Waals surface area (Å²) in [7, 11) is 0. The second kappa shape index (κ2) is 7.54. The Morgan fingerprint density at radius 3 is 2.82 bits per heavy atom. The number of nitrogens with two attached hydrogens (primary N) is 1. The van der Waals surface area contributed by atoms with E-state index < -0.39 is 0 Å². The number of hydrogen-bond donors (Lipinski definition) is 2. The SMILES string of the molecule is CCCC1CCCCN1C(=NCC(C)C)NN. The minimum absolute atomic E-state index is 0.577. The lowest BCUT2D eigenvalue weighted by Gasteiger charge is -2.37. The van der Waals surface area contributed by atoms with E-state index in [2.05, 4.69) is 36.1 Å². The molecule has 0 spiro atoms. The highest BCUT2D eigenvalue weighted by molar-refractivity contribution is 5.79. The maximum absolute atomic E-state index is 5.63. The lowest BCUT2D eigenvalue weighted by Crippen LogP contribution is -2.51. The first-order chi connectivity index (χ1) is 8.19. The monoisotopic (exact) mass is 240 g/mol. The third-order valence-electron chi connectivity index (χ3n) is 3.26. The molecule has 4 heteroatoms. The molecule has 17 heavy (non-hydrogen) atoms. The summed E-state index contributed by atoms with van der Waals surface area (Å²) in [6.07, 6.45) is 6.33. The average molecular weight is 240 g/mol. The van der Waals surface area contributed by atoms with Gasteiger partial charge in [-0.1, -0.05) is 27.2 Å². The van der Waals surface area contributed by atoms with Crippen LogP contribution >= 0.6 is 0 Å². The molecule has 0 aromatic rings. The Bertz CT molecular complexity index is 236. The maximum Gasteiger partial charge on any atom is 0.208 e. The largest absolute Gasteiger partial charge is 0.339 e. The van der Waals surface area contributed by atoms with E-state index in [9.17, 15) is 0 Å². The first-order valence-electron chi connectivity index (χ1n) is 6.96. The van der Waals surface area contributed by atoms with Crippen LogP contribution in [0.15, 0.2) is 4.99 Å². The van der Waals surface area contributed by atoms with Crippen molar-refractivity contribution in [1.29, 1.82) is 0 Å². The van der Waals surface area contributed by atoms with Gasteiger partial charge in [0.05, 0.1) is 0 Å². The Labute approximate surface area is 106 Å². The predicted molar refractivity (Wildman–Crippen MR) is 73.7 cm³/mol. The summed E-state index contributed by atoms with van der Waals surface area (Å²) in [6, 6.07) is 0.621. The van der Waals surface area contributed by atoms with Crippen LogP contribution in [0.2, 0.25) is 0 Å². The number of rotatable bonds is 4. The van der Waals surface area contributed by atoms with Crippen LogP contribution in [0.25, 0.3) is 0 Å². The van der Waals surface area contributed by atoms with Crippen molar-refractivity contribution in [3.8, 4) is 0 Å². The van der Waals surface area contributed by atoms with Crippen molar-refractivity contribution < 1.29 is 0 Å². The zero-order valence-electron chi connectivity index (χ0n) is 11.6. The number of likely N-dealkylation sites (tertiary alicyclic amines) is 1. The quantitative estimate of drug-likeness (QED) is 0.342. The van der Waals surface area contributed by atoms with E-state index in [1.807, 2.05) is 0 Å². The van der Waals surface area contributed by atoms with Gasteiger partial charge in [0.25, 0.3) is 0 Å². The molecule has 0 bridgehead atoms. The molecule has 4 nitrogen and oxygen atoms in total. The van der Waals surface area contributed by atoms with E-state index in [0.29, 0.717) is 12.0 Å². The zero-order valence-corrected chi connectivity index (χ0v) is 11.6. The van der Waals surface area contributed by atoms with Crippen molar-refractivity contribution in [2.24, 2.45) is 16.8 Å². The molecule has 1 aliphatic rings. The molecule has 1 atom stereocenters. The van der Waals surface area contributed by atoms with Crippen molar-refractivity contribution in [1.82, 2.24) is 10.3 Å². The van der Waals surface area contributed by atoms with Crippen molar-refractivity contribution in [3.05, 3.63) is 0 Å². The van der Waals surface area contributed by atoms with Crippen molar-refractivity contribution in [2.75, 3.05) is 13.1 Å². The third kappa shape index (κ3) is 4.54. The molecule has 100 valence electrons. The second-order valence-corrected chi connectivity index (χ2v) is 5.33. The van der Waals surface area contributed by atoms with Gasteiger partial charge >= 0.3 is 0 Å². The molecular weight excluding hydrogens is 212 g/mol. The number of hydrazine groups is 1. The van der Waals surface area contributed by atoms with Gasteiger partial charge < -0.3 is 4.90 Å². The molecule has 1 saturated heterocycles. The topological polar surface area (TPSA) is 53.6 Å². The number of aliphatic imine (C=N–C) groups is 1. The highest BCUT2D eigenvalue weighted by Crippen LogP contribution is 2.20. The highest BCUT2D eigenvalue weighted by Gasteiger charge is 2.24. The van der Waals surface area contributed by atoms with Gasteiger partial charge in [-0.05, 0) is 31.6 Å². The summed E-state index contributed by atoms with van der Waals surface area (Å²) in [6.45, 7) is 8.53. The molecule has 0 aliphatic carbocycles. The Hall–Kier alpha value is -0.770. The molecule has 0 aromatic carbocycles. The van der Waals surface area contributed by atoms with Gasteiger partial charge in [0.15, 0.2) is 0 Å². The van der Waals surface area contributed by atoms with Crippen molar-refractivity contribution >= 4 is 5.96 Å². The van der Waals surface area contributed by atoms with Crippen LogP contribution in [0.3, 0.4) is 0 Å². The molecule has 0 radical (unpaired) electrons. The summed E-state index contributed by atoms with van der Waals surface area (Å²) in [5.41, 5.74) is 2.79. The first-order valence-corrected chi connectivity index (χ1v) is 6.96. The normalized spacial score (nSPS) is 22.1. The van der Waals surface area contributed by atoms with Gasteiger partial charge in [-0.15, -0.1) is 0 Å². The van der Waals surface area contributed by atoms with Gasteiger partial charge in [0.2, 0.25) is 5.96 Å². The van der Waals surface area contributed by atoms with Gasteiger partial charge in [-0.2, -0.15) is 0 Å². The van der Waals surface area contributed by atoms with Crippen LogP contribution in [0.5, 0.6) is 0 Å². The number of piperidine rings is 1. The predicted octanol–water partition coefficient (Wildman–Crippen LogP) is 2.12. The molecule has 0 saturated carbocycles. The Morgan fingerprint density at radius 1 is 1.47 bits per heavy atom. The number of guanidine groups is 1. The summed E-state index contributed by atoms with van der Waals surface area (Å²) in [5.74, 6) is 7.09. The smallest absolute Gasteiger partial charge is 0.208 e. The van der Waals surface area contributed by atoms with Gasteiger partial charge in [0, 0.05) is 19.1 Å². The van der Waals surface area contributed by atoms with Gasteiger partial charge in [-0.25, -0.2) is 5.84 Å². The summed E-state index contributed by atoms with van der Waals surface area (Å²) in [5, 5.41) is 0. The Morgan fingerprint density at radius 2 is 2.24 bits per heavy atom. The highest BCUT2D eigenvalue weighted by atomic mass is 15.4. The minimum Gasteiger partial charge on any atom is -0.339 e. The Balaban J connectivity index is 2.66.